The third-order valence-corrected chi connectivity index (χ3v) is 2.82. The number of ether oxygens (including phenoxy) is 1. The van der Waals surface area contributed by atoms with Gasteiger partial charge in [-0.3, -0.25) is 9.59 Å². The molecular weight excluding hydrogens is 272 g/mol. The second-order valence-corrected chi connectivity index (χ2v) is 4.33. The molecule has 7 nitrogen and oxygen atoms in total. The SMILES string of the molecule is NC(=O)c1cc(Oc2ccc(N)c(C(N)=O)c2)ccc1N. The molecule has 0 heterocycles. The second-order valence-electron chi connectivity index (χ2n) is 4.33. The molecule has 2 amide bonds. The van der Waals surface area contributed by atoms with Crippen LogP contribution < -0.4 is 27.7 Å². The van der Waals surface area contributed by atoms with Gasteiger partial charge in [0.05, 0.1) is 11.1 Å². The number of nitrogens with two attached hydrogens (primary N) is 4. The summed E-state index contributed by atoms with van der Waals surface area (Å²) in [7, 11) is 0. The van der Waals surface area contributed by atoms with E-state index in [1.54, 1.807) is 12.1 Å². The number of carbonyl (C=O) groups excluding carboxylic acids is 2. The van der Waals surface area contributed by atoms with Gasteiger partial charge in [-0.2, -0.15) is 0 Å². The van der Waals surface area contributed by atoms with Crippen LogP contribution in [0.1, 0.15) is 20.7 Å². The largest absolute Gasteiger partial charge is 0.457 e. The molecule has 108 valence electrons. The van der Waals surface area contributed by atoms with Crippen LogP contribution in [0, 0.1) is 0 Å². The molecule has 2 rings (SSSR count). The van der Waals surface area contributed by atoms with Crippen molar-refractivity contribution in [1.29, 1.82) is 0 Å². The number of primary amides is 2. The summed E-state index contributed by atoms with van der Waals surface area (Å²) in [5, 5.41) is 0. The van der Waals surface area contributed by atoms with Crippen molar-refractivity contribution < 1.29 is 14.3 Å². The smallest absolute Gasteiger partial charge is 0.250 e. The average molecular weight is 286 g/mol. The predicted octanol–water partition coefficient (Wildman–Crippen LogP) is 0.841. The predicted molar refractivity (Wildman–Crippen MR) is 78.8 cm³/mol. The van der Waals surface area contributed by atoms with E-state index >= 15 is 0 Å². The van der Waals surface area contributed by atoms with Crippen LogP contribution in [-0.4, -0.2) is 11.8 Å². The first-order valence-corrected chi connectivity index (χ1v) is 5.95. The molecule has 2 aromatic rings. The molecular formula is C14H14N4O3. The van der Waals surface area contributed by atoms with E-state index in [9.17, 15) is 9.59 Å². The lowest BCUT2D eigenvalue weighted by Crippen LogP contribution is -2.14. The van der Waals surface area contributed by atoms with E-state index in [1.807, 2.05) is 0 Å². The molecule has 7 heteroatoms. The van der Waals surface area contributed by atoms with Crippen molar-refractivity contribution in [1.82, 2.24) is 0 Å². The lowest BCUT2D eigenvalue weighted by atomic mass is 10.1. The lowest BCUT2D eigenvalue weighted by molar-refractivity contribution is 0.0992. The zero-order valence-electron chi connectivity index (χ0n) is 11.0. The lowest BCUT2D eigenvalue weighted by Gasteiger charge is -2.10. The van der Waals surface area contributed by atoms with Crippen LogP contribution in [0.25, 0.3) is 0 Å². The Kier molecular flexibility index (Phi) is 3.66. The van der Waals surface area contributed by atoms with Crippen molar-refractivity contribution >= 4 is 23.2 Å². The van der Waals surface area contributed by atoms with Gasteiger partial charge >= 0.3 is 0 Å². The molecule has 0 spiro atoms. The van der Waals surface area contributed by atoms with Crippen LogP contribution in [0.5, 0.6) is 11.5 Å². The van der Waals surface area contributed by atoms with Crippen LogP contribution in [0.2, 0.25) is 0 Å². The summed E-state index contributed by atoms with van der Waals surface area (Å²) in [5.41, 5.74) is 22.5. The van der Waals surface area contributed by atoms with E-state index in [-0.39, 0.29) is 22.5 Å². The van der Waals surface area contributed by atoms with Crippen LogP contribution in [-0.2, 0) is 0 Å². The third-order valence-electron chi connectivity index (χ3n) is 2.82. The van der Waals surface area contributed by atoms with Crippen molar-refractivity contribution in [2.45, 2.75) is 0 Å². The van der Waals surface area contributed by atoms with Gasteiger partial charge in [-0.1, -0.05) is 0 Å². The highest BCUT2D eigenvalue weighted by molar-refractivity contribution is 5.99. The van der Waals surface area contributed by atoms with Crippen molar-refractivity contribution in [2.75, 3.05) is 11.5 Å². The van der Waals surface area contributed by atoms with Crippen LogP contribution in [0.4, 0.5) is 11.4 Å². The van der Waals surface area contributed by atoms with Gasteiger partial charge in [0, 0.05) is 11.4 Å². The molecule has 0 saturated carbocycles. The monoisotopic (exact) mass is 286 g/mol. The molecule has 0 radical (unpaired) electrons. The molecule has 0 fully saturated rings. The van der Waals surface area contributed by atoms with E-state index in [4.69, 9.17) is 27.7 Å². The molecule has 0 aromatic heterocycles. The minimum absolute atomic E-state index is 0.151. The topological polar surface area (TPSA) is 147 Å². The quantitative estimate of drug-likeness (QED) is 0.615. The molecule has 0 bridgehead atoms. The number of amides is 2. The Morgan fingerprint density at radius 2 is 1.14 bits per heavy atom. The Morgan fingerprint density at radius 1 is 0.762 bits per heavy atom. The van der Waals surface area contributed by atoms with Crippen molar-refractivity contribution in [2.24, 2.45) is 11.5 Å². The fourth-order valence-electron chi connectivity index (χ4n) is 1.76. The van der Waals surface area contributed by atoms with Crippen LogP contribution >= 0.6 is 0 Å². The first kappa shape index (κ1) is 14.2. The maximum atomic E-state index is 11.2. The highest BCUT2D eigenvalue weighted by atomic mass is 16.5. The Hall–Kier alpha value is -3.22. The summed E-state index contributed by atoms with van der Waals surface area (Å²) >= 11 is 0. The van der Waals surface area contributed by atoms with Crippen molar-refractivity contribution in [3.8, 4) is 11.5 Å². The summed E-state index contributed by atoms with van der Waals surface area (Å²) in [6.45, 7) is 0. The van der Waals surface area contributed by atoms with Crippen molar-refractivity contribution in [3.63, 3.8) is 0 Å². The number of anilines is 2. The fourth-order valence-corrected chi connectivity index (χ4v) is 1.76. The molecule has 2 aromatic carbocycles. The Morgan fingerprint density at radius 3 is 1.48 bits per heavy atom. The number of hydrogen-bond acceptors (Lipinski definition) is 5. The molecule has 0 aliphatic heterocycles. The number of carbonyl (C=O) groups is 2. The average Bonchev–Trinajstić information content (AvgIpc) is 2.42. The summed E-state index contributed by atoms with van der Waals surface area (Å²) in [4.78, 5) is 22.4. The molecule has 8 N–H and O–H groups in total. The zero-order valence-corrected chi connectivity index (χ0v) is 11.0. The first-order valence-electron chi connectivity index (χ1n) is 5.95. The molecule has 0 unspecified atom stereocenters. The zero-order chi connectivity index (χ0) is 15.6. The van der Waals surface area contributed by atoms with Crippen LogP contribution in [0.15, 0.2) is 36.4 Å². The maximum Gasteiger partial charge on any atom is 0.250 e. The maximum absolute atomic E-state index is 11.2. The number of rotatable bonds is 4. The minimum atomic E-state index is -0.659. The summed E-state index contributed by atoms with van der Waals surface area (Å²) < 4.78 is 5.54. The molecule has 21 heavy (non-hydrogen) atoms. The minimum Gasteiger partial charge on any atom is -0.457 e. The van der Waals surface area contributed by atoms with Crippen molar-refractivity contribution in [3.05, 3.63) is 47.5 Å². The highest BCUT2D eigenvalue weighted by Crippen LogP contribution is 2.27. The van der Waals surface area contributed by atoms with Gasteiger partial charge in [-0.05, 0) is 36.4 Å². The Labute approximate surface area is 120 Å². The fraction of sp³-hybridized carbons (Fsp3) is 0. The van der Waals surface area contributed by atoms with Gasteiger partial charge in [0.25, 0.3) is 11.8 Å². The van der Waals surface area contributed by atoms with Gasteiger partial charge in [0.2, 0.25) is 0 Å². The van der Waals surface area contributed by atoms with E-state index in [2.05, 4.69) is 0 Å². The number of hydrogen-bond donors (Lipinski definition) is 4. The first-order chi connectivity index (χ1) is 9.88. The van der Waals surface area contributed by atoms with E-state index < -0.39 is 11.8 Å². The normalized spacial score (nSPS) is 10.1. The van der Waals surface area contributed by atoms with E-state index in [1.165, 1.54) is 24.3 Å². The van der Waals surface area contributed by atoms with E-state index in [0.717, 1.165) is 0 Å². The second kappa shape index (κ2) is 5.41. The summed E-state index contributed by atoms with van der Waals surface area (Å²) in [6, 6.07) is 8.98. The van der Waals surface area contributed by atoms with Gasteiger partial charge in [-0.25, -0.2) is 0 Å². The molecule has 0 saturated heterocycles. The standard InChI is InChI=1S/C14H14N4O3/c15-11-3-1-7(5-9(11)13(17)19)21-8-2-4-12(16)10(6-8)14(18)20/h1-6H,15-16H2,(H2,17,19)(H2,18,20). The Balaban J connectivity index is 2.34. The van der Waals surface area contributed by atoms with Crippen LogP contribution in [0.3, 0.4) is 0 Å². The number of benzene rings is 2. The van der Waals surface area contributed by atoms with Gasteiger partial charge in [-0.15, -0.1) is 0 Å². The summed E-state index contributed by atoms with van der Waals surface area (Å²) in [5.74, 6) is -0.627. The summed E-state index contributed by atoms with van der Waals surface area (Å²) in [6.07, 6.45) is 0. The van der Waals surface area contributed by atoms with Gasteiger partial charge < -0.3 is 27.7 Å². The molecule has 0 aliphatic carbocycles. The third kappa shape index (κ3) is 3.03. The van der Waals surface area contributed by atoms with Gasteiger partial charge in [0.1, 0.15) is 11.5 Å². The molecule has 0 atom stereocenters. The Bertz CT molecular complexity index is 667. The molecule has 0 aliphatic rings. The van der Waals surface area contributed by atoms with Gasteiger partial charge in [0.15, 0.2) is 0 Å². The van der Waals surface area contributed by atoms with E-state index in [0.29, 0.717) is 11.5 Å². The highest BCUT2D eigenvalue weighted by Gasteiger charge is 2.10. The number of nitrogen functional groups attached to an aromatic ring is 2.